The number of hydrogen-bond acceptors (Lipinski definition) is 5. The Morgan fingerprint density at radius 3 is 2.42 bits per heavy atom. The molecule has 2 saturated heterocycles. The molecule has 0 unspecified atom stereocenters. The minimum Gasteiger partial charge on any atom is -0.481 e. The highest BCUT2D eigenvalue weighted by Gasteiger charge is 2.65. The third-order valence-corrected chi connectivity index (χ3v) is 6.78. The fraction of sp³-hybridized carbons (Fsp3) is 0.609. The smallest absolute Gasteiger partial charge is 0.410 e. The van der Waals surface area contributed by atoms with Crippen LogP contribution in [0.3, 0.4) is 0 Å². The number of carboxylic acid groups (broad SMARTS) is 1. The van der Waals surface area contributed by atoms with E-state index in [4.69, 9.17) is 9.47 Å². The molecule has 8 nitrogen and oxygen atoms in total. The second-order valence-electron chi connectivity index (χ2n) is 10.0. The Kier molecular flexibility index (Phi) is 5.35. The summed E-state index contributed by atoms with van der Waals surface area (Å²) in [4.78, 5) is 40.7. The summed E-state index contributed by atoms with van der Waals surface area (Å²) in [7, 11) is 0. The van der Waals surface area contributed by atoms with Crippen molar-refractivity contribution in [2.75, 3.05) is 26.2 Å². The van der Waals surface area contributed by atoms with Crippen molar-refractivity contribution in [2.45, 2.75) is 39.4 Å². The Morgan fingerprint density at radius 1 is 1.06 bits per heavy atom. The van der Waals surface area contributed by atoms with Crippen molar-refractivity contribution in [3.8, 4) is 0 Å². The first kappa shape index (κ1) is 21.5. The van der Waals surface area contributed by atoms with Gasteiger partial charge < -0.3 is 24.4 Å². The number of carbonyl (C=O) groups excluding carboxylic acids is 2. The van der Waals surface area contributed by atoms with Gasteiger partial charge in [-0.05, 0) is 50.5 Å². The molecule has 1 aromatic rings. The van der Waals surface area contributed by atoms with Gasteiger partial charge in [0.2, 0.25) is 0 Å². The number of fused-ring (bicyclic) bond motifs is 3. The van der Waals surface area contributed by atoms with Gasteiger partial charge in [0, 0.05) is 26.2 Å². The van der Waals surface area contributed by atoms with Crippen molar-refractivity contribution >= 4 is 18.2 Å². The molecule has 2 aliphatic heterocycles. The first-order valence-electron chi connectivity index (χ1n) is 10.8. The third-order valence-electron chi connectivity index (χ3n) is 6.78. The monoisotopic (exact) mass is 430 g/mol. The van der Waals surface area contributed by atoms with Crippen LogP contribution < -0.4 is 0 Å². The summed E-state index contributed by atoms with van der Waals surface area (Å²) in [6.07, 6.45) is -0.392. The van der Waals surface area contributed by atoms with Gasteiger partial charge in [-0.25, -0.2) is 9.59 Å². The number of carbonyl (C=O) groups is 3. The third kappa shape index (κ3) is 4.07. The molecule has 4 atom stereocenters. The van der Waals surface area contributed by atoms with Gasteiger partial charge >= 0.3 is 18.2 Å². The van der Waals surface area contributed by atoms with Crippen LogP contribution in [0.15, 0.2) is 30.3 Å². The van der Waals surface area contributed by atoms with Crippen LogP contribution in [0, 0.1) is 23.2 Å². The van der Waals surface area contributed by atoms with E-state index in [0.29, 0.717) is 26.1 Å². The molecule has 2 amide bonds. The molecule has 0 bridgehead atoms. The fourth-order valence-electron chi connectivity index (χ4n) is 5.47. The number of rotatable bonds is 3. The van der Waals surface area contributed by atoms with Crippen molar-refractivity contribution < 1.29 is 29.0 Å². The quantitative estimate of drug-likeness (QED) is 0.791. The minimum absolute atomic E-state index is 0.0375. The van der Waals surface area contributed by atoms with E-state index in [1.165, 1.54) is 4.90 Å². The summed E-state index contributed by atoms with van der Waals surface area (Å²) in [6.45, 7) is 7.09. The maximum Gasteiger partial charge on any atom is 0.410 e. The molecule has 0 aromatic heterocycles. The Labute approximate surface area is 182 Å². The van der Waals surface area contributed by atoms with Crippen molar-refractivity contribution in [3.05, 3.63) is 35.9 Å². The van der Waals surface area contributed by atoms with E-state index >= 15 is 0 Å². The van der Waals surface area contributed by atoms with Gasteiger partial charge in [-0.15, -0.1) is 0 Å². The van der Waals surface area contributed by atoms with Crippen molar-refractivity contribution in [2.24, 2.45) is 23.2 Å². The molecule has 1 aliphatic carbocycles. The van der Waals surface area contributed by atoms with Gasteiger partial charge in [0.25, 0.3) is 0 Å². The molecule has 1 N–H and O–H groups in total. The van der Waals surface area contributed by atoms with Crippen LogP contribution in [0.25, 0.3) is 0 Å². The largest absolute Gasteiger partial charge is 0.481 e. The van der Waals surface area contributed by atoms with Crippen LogP contribution in [-0.4, -0.2) is 64.8 Å². The molecule has 168 valence electrons. The molecule has 31 heavy (non-hydrogen) atoms. The lowest BCUT2D eigenvalue weighted by atomic mass is 9.78. The van der Waals surface area contributed by atoms with Gasteiger partial charge in [0.05, 0.1) is 5.41 Å². The fourth-order valence-corrected chi connectivity index (χ4v) is 5.47. The predicted octanol–water partition coefficient (Wildman–Crippen LogP) is 3.21. The first-order valence-corrected chi connectivity index (χ1v) is 10.8. The number of likely N-dealkylation sites (tertiary alicyclic amines) is 2. The standard InChI is InChI=1S/C23H30N2O6/c1-22(2,3)31-21(29)24-10-16-9-23(19(26)27)14-25(12-18(23)17(16)11-24)20(28)30-13-15-7-5-4-6-8-15/h4-8,16-18H,9-14H2,1-3H3,(H,26,27)/t16-,17+,18-,23-/m0/s1. The number of hydrogen-bond donors (Lipinski definition) is 1. The molecule has 0 spiro atoms. The van der Waals surface area contributed by atoms with Crippen molar-refractivity contribution in [1.29, 1.82) is 0 Å². The molecular formula is C23H30N2O6. The Balaban J connectivity index is 1.42. The van der Waals surface area contributed by atoms with Crippen molar-refractivity contribution in [1.82, 2.24) is 9.80 Å². The molecule has 2 heterocycles. The summed E-state index contributed by atoms with van der Waals surface area (Å²) in [5.74, 6) is -0.924. The lowest BCUT2D eigenvalue weighted by Crippen LogP contribution is -2.41. The van der Waals surface area contributed by atoms with E-state index in [1.54, 1.807) is 4.90 Å². The summed E-state index contributed by atoms with van der Waals surface area (Å²) in [5, 5.41) is 10.1. The zero-order valence-electron chi connectivity index (χ0n) is 18.2. The molecule has 1 saturated carbocycles. The molecule has 4 rings (SSSR count). The number of nitrogens with zero attached hydrogens (tertiary/aromatic N) is 2. The molecule has 0 radical (unpaired) electrons. The second-order valence-corrected chi connectivity index (χ2v) is 10.0. The van der Waals surface area contributed by atoms with E-state index in [-0.39, 0.29) is 37.0 Å². The van der Waals surface area contributed by atoms with Gasteiger partial charge in [-0.3, -0.25) is 4.79 Å². The number of aliphatic carboxylic acids is 1. The summed E-state index contributed by atoms with van der Waals surface area (Å²) >= 11 is 0. The average molecular weight is 431 g/mol. The number of amides is 2. The maximum absolute atomic E-state index is 12.7. The maximum atomic E-state index is 12.7. The first-order chi connectivity index (χ1) is 14.6. The van der Waals surface area contributed by atoms with Gasteiger partial charge in [0.1, 0.15) is 12.2 Å². The van der Waals surface area contributed by atoms with Crippen LogP contribution in [-0.2, 0) is 20.9 Å². The van der Waals surface area contributed by atoms with E-state index in [0.717, 1.165) is 5.56 Å². The summed E-state index contributed by atoms with van der Waals surface area (Å²) < 4.78 is 10.9. The number of carboxylic acids is 1. The molecule has 1 aromatic carbocycles. The lowest BCUT2D eigenvalue weighted by Gasteiger charge is -2.28. The predicted molar refractivity (Wildman–Crippen MR) is 111 cm³/mol. The van der Waals surface area contributed by atoms with Gasteiger partial charge in [0.15, 0.2) is 0 Å². The normalized spacial score (nSPS) is 29.5. The average Bonchev–Trinajstić information content (AvgIpc) is 3.34. The molecular weight excluding hydrogens is 400 g/mol. The molecule has 3 fully saturated rings. The summed E-state index contributed by atoms with van der Waals surface area (Å²) in [5.41, 5.74) is -0.667. The van der Waals surface area contributed by atoms with E-state index in [2.05, 4.69) is 0 Å². The minimum atomic E-state index is -0.971. The van der Waals surface area contributed by atoms with Crippen LogP contribution in [0.2, 0.25) is 0 Å². The summed E-state index contributed by atoms with van der Waals surface area (Å²) in [6, 6.07) is 9.39. The molecule has 8 heteroatoms. The lowest BCUT2D eigenvalue weighted by molar-refractivity contribution is -0.150. The van der Waals surface area contributed by atoms with Crippen LogP contribution >= 0.6 is 0 Å². The highest BCUT2D eigenvalue weighted by Crippen LogP contribution is 2.57. The Hall–Kier alpha value is -2.77. The number of benzene rings is 1. The van der Waals surface area contributed by atoms with E-state index in [9.17, 15) is 19.5 Å². The zero-order chi connectivity index (χ0) is 22.4. The Bertz CT molecular complexity index is 867. The van der Waals surface area contributed by atoms with Crippen LogP contribution in [0.4, 0.5) is 9.59 Å². The van der Waals surface area contributed by atoms with Crippen molar-refractivity contribution in [3.63, 3.8) is 0 Å². The zero-order valence-corrected chi connectivity index (χ0v) is 18.2. The highest BCUT2D eigenvalue weighted by molar-refractivity contribution is 5.79. The molecule has 3 aliphatic rings. The van der Waals surface area contributed by atoms with Gasteiger partial charge in [-0.1, -0.05) is 30.3 Å². The highest BCUT2D eigenvalue weighted by atomic mass is 16.6. The van der Waals surface area contributed by atoms with Crippen LogP contribution in [0.1, 0.15) is 32.8 Å². The number of ether oxygens (including phenoxy) is 2. The second kappa shape index (κ2) is 7.73. The topological polar surface area (TPSA) is 96.4 Å². The van der Waals surface area contributed by atoms with E-state index in [1.807, 2.05) is 51.1 Å². The SMILES string of the molecule is CC(C)(C)OC(=O)N1C[C@@H]2C[C@]3(C(=O)O)CN(C(=O)OCc4ccccc4)C[C@H]3[C@@H]2C1. The van der Waals surface area contributed by atoms with E-state index < -0.39 is 23.1 Å². The Morgan fingerprint density at radius 2 is 1.77 bits per heavy atom. The van der Waals surface area contributed by atoms with Gasteiger partial charge in [-0.2, -0.15) is 0 Å². The van der Waals surface area contributed by atoms with Crippen LogP contribution in [0.5, 0.6) is 0 Å².